The van der Waals surface area contributed by atoms with Crippen LogP contribution in [0.15, 0.2) is 42.7 Å². The third kappa shape index (κ3) is 4.97. The predicted octanol–water partition coefficient (Wildman–Crippen LogP) is 1.64. The molecule has 0 saturated heterocycles. The molecule has 0 aliphatic heterocycles. The molecule has 0 atom stereocenters. The van der Waals surface area contributed by atoms with E-state index in [0.29, 0.717) is 13.2 Å². The van der Waals surface area contributed by atoms with E-state index in [0.717, 1.165) is 17.1 Å². The summed E-state index contributed by atoms with van der Waals surface area (Å²) in [5.74, 6) is 1.35. The number of aryl methyl sites for hydroxylation is 1. The Bertz CT molecular complexity index is 632. The summed E-state index contributed by atoms with van der Waals surface area (Å²) >= 11 is 0. The van der Waals surface area contributed by atoms with Crippen LogP contribution < -0.4 is 14.8 Å². The van der Waals surface area contributed by atoms with Crippen molar-refractivity contribution in [1.82, 2.24) is 15.1 Å². The van der Waals surface area contributed by atoms with Gasteiger partial charge in [0.15, 0.2) is 0 Å². The largest absolute Gasteiger partial charge is 0.497 e. The third-order valence-corrected chi connectivity index (χ3v) is 2.88. The Labute approximate surface area is 129 Å². The zero-order valence-corrected chi connectivity index (χ0v) is 12.7. The number of carbonyl (C=O) groups is 1. The summed E-state index contributed by atoms with van der Waals surface area (Å²) in [5.41, 5.74) is 0.882. The lowest BCUT2D eigenvalue weighted by Crippen LogP contribution is -2.26. The Kier molecular flexibility index (Phi) is 5.59. The highest BCUT2D eigenvalue weighted by molar-refractivity contribution is 5.91. The van der Waals surface area contributed by atoms with Gasteiger partial charge in [0.25, 0.3) is 0 Å². The van der Waals surface area contributed by atoms with Gasteiger partial charge >= 0.3 is 0 Å². The number of benzene rings is 1. The molecule has 0 unspecified atom stereocenters. The van der Waals surface area contributed by atoms with Crippen LogP contribution in [0.3, 0.4) is 0 Å². The van der Waals surface area contributed by atoms with Gasteiger partial charge in [-0.05, 0) is 30.3 Å². The smallest absolute Gasteiger partial charge is 0.244 e. The summed E-state index contributed by atoms with van der Waals surface area (Å²) < 4.78 is 12.3. The molecule has 22 heavy (non-hydrogen) atoms. The van der Waals surface area contributed by atoms with Crippen molar-refractivity contribution in [2.75, 3.05) is 20.3 Å². The first-order chi connectivity index (χ1) is 10.7. The second-order valence-corrected chi connectivity index (χ2v) is 4.60. The standard InChI is InChI=1S/C16H19N3O3/c1-19-12-13(11-18-19)3-8-16(20)17-9-10-22-15-6-4-14(21-2)5-7-15/h3-8,11-12H,9-10H2,1-2H3,(H,17,20)/b8-3+. The molecule has 6 nitrogen and oxygen atoms in total. The minimum Gasteiger partial charge on any atom is -0.497 e. The second-order valence-electron chi connectivity index (χ2n) is 4.60. The van der Waals surface area contributed by atoms with Gasteiger partial charge in [-0.3, -0.25) is 9.48 Å². The Balaban J connectivity index is 1.67. The first-order valence-corrected chi connectivity index (χ1v) is 6.89. The normalized spacial score (nSPS) is 10.6. The number of nitrogens with one attached hydrogen (secondary N) is 1. The van der Waals surface area contributed by atoms with Crippen LogP contribution in [0.4, 0.5) is 0 Å². The lowest BCUT2D eigenvalue weighted by atomic mass is 10.3. The summed E-state index contributed by atoms with van der Waals surface area (Å²) in [6, 6.07) is 7.29. The van der Waals surface area contributed by atoms with Crippen molar-refractivity contribution in [3.05, 3.63) is 48.3 Å². The van der Waals surface area contributed by atoms with Crippen molar-refractivity contribution in [1.29, 1.82) is 0 Å². The molecule has 116 valence electrons. The average Bonchev–Trinajstić information content (AvgIpc) is 2.96. The molecule has 0 bridgehead atoms. The summed E-state index contributed by atoms with van der Waals surface area (Å²) in [5, 5.41) is 6.77. The SMILES string of the molecule is COc1ccc(OCCNC(=O)/C=C/c2cnn(C)c2)cc1. The molecule has 2 rings (SSSR count). The maximum absolute atomic E-state index is 11.6. The molecular weight excluding hydrogens is 282 g/mol. The van der Waals surface area contributed by atoms with Gasteiger partial charge in [-0.15, -0.1) is 0 Å². The first-order valence-electron chi connectivity index (χ1n) is 6.89. The minimum atomic E-state index is -0.165. The van der Waals surface area contributed by atoms with Gasteiger partial charge in [0.1, 0.15) is 18.1 Å². The number of amides is 1. The van der Waals surface area contributed by atoms with E-state index in [9.17, 15) is 4.79 Å². The lowest BCUT2D eigenvalue weighted by molar-refractivity contribution is -0.116. The summed E-state index contributed by atoms with van der Waals surface area (Å²) in [6.07, 6.45) is 6.71. The van der Waals surface area contributed by atoms with Crippen LogP contribution in [-0.4, -0.2) is 35.9 Å². The molecule has 1 aromatic carbocycles. The molecule has 0 aliphatic rings. The molecule has 1 aromatic heterocycles. The number of hydrogen-bond acceptors (Lipinski definition) is 4. The fraction of sp³-hybridized carbons (Fsp3) is 0.250. The number of nitrogens with zero attached hydrogens (tertiary/aromatic N) is 2. The fourth-order valence-corrected chi connectivity index (χ4v) is 1.77. The van der Waals surface area contributed by atoms with Crippen LogP contribution in [0.5, 0.6) is 11.5 Å². The molecule has 1 N–H and O–H groups in total. The first kappa shape index (κ1) is 15.6. The highest BCUT2D eigenvalue weighted by Crippen LogP contribution is 2.16. The number of carbonyl (C=O) groups excluding carboxylic acids is 1. The highest BCUT2D eigenvalue weighted by atomic mass is 16.5. The van der Waals surface area contributed by atoms with Gasteiger partial charge in [0.2, 0.25) is 5.91 Å². The van der Waals surface area contributed by atoms with Gasteiger partial charge in [0, 0.05) is 24.9 Å². The van der Waals surface area contributed by atoms with E-state index in [2.05, 4.69) is 10.4 Å². The molecule has 1 amide bonds. The van der Waals surface area contributed by atoms with Crippen molar-refractivity contribution in [3.63, 3.8) is 0 Å². The maximum Gasteiger partial charge on any atom is 0.244 e. The quantitative estimate of drug-likeness (QED) is 0.623. The van der Waals surface area contributed by atoms with Crippen LogP contribution in [0, 0.1) is 0 Å². The number of hydrogen-bond donors (Lipinski definition) is 1. The average molecular weight is 301 g/mol. The molecule has 0 fully saturated rings. The van der Waals surface area contributed by atoms with Crippen LogP contribution in [0.25, 0.3) is 6.08 Å². The Morgan fingerprint density at radius 1 is 1.32 bits per heavy atom. The van der Waals surface area contributed by atoms with Gasteiger partial charge in [-0.25, -0.2) is 0 Å². The highest BCUT2D eigenvalue weighted by Gasteiger charge is 1.98. The van der Waals surface area contributed by atoms with Crippen LogP contribution in [0.2, 0.25) is 0 Å². The van der Waals surface area contributed by atoms with E-state index in [1.165, 1.54) is 6.08 Å². The lowest BCUT2D eigenvalue weighted by Gasteiger charge is -2.07. The van der Waals surface area contributed by atoms with Crippen molar-refractivity contribution >= 4 is 12.0 Å². The number of rotatable bonds is 7. The molecule has 0 saturated carbocycles. The van der Waals surface area contributed by atoms with Crippen molar-refractivity contribution in [3.8, 4) is 11.5 Å². The number of methoxy groups -OCH3 is 1. The van der Waals surface area contributed by atoms with Gasteiger partial charge in [0.05, 0.1) is 19.9 Å². The zero-order valence-electron chi connectivity index (χ0n) is 12.7. The van der Waals surface area contributed by atoms with Crippen molar-refractivity contribution < 1.29 is 14.3 Å². The van der Waals surface area contributed by atoms with Gasteiger partial charge < -0.3 is 14.8 Å². The van der Waals surface area contributed by atoms with Crippen LogP contribution in [0.1, 0.15) is 5.56 Å². The molecule has 2 aromatic rings. The van der Waals surface area contributed by atoms with Crippen molar-refractivity contribution in [2.45, 2.75) is 0 Å². The Morgan fingerprint density at radius 2 is 2.05 bits per heavy atom. The molecule has 6 heteroatoms. The Hall–Kier alpha value is -2.76. The monoisotopic (exact) mass is 301 g/mol. The second kappa shape index (κ2) is 7.87. The van der Waals surface area contributed by atoms with Gasteiger partial charge in [-0.2, -0.15) is 5.10 Å². The van der Waals surface area contributed by atoms with Crippen molar-refractivity contribution in [2.24, 2.45) is 7.05 Å². The van der Waals surface area contributed by atoms with E-state index < -0.39 is 0 Å². The molecule has 0 spiro atoms. The van der Waals surface area contributed by atoms with E-state index >= 15 is 0 Å². The summed E-state index contributed by atoms with van der Waals surface area (Å²) in [4.78, 5) is 11.6. The summed E-state index contributed by atoms with van der Waals surface area (Å²) in [7, 11) is 3.44. The van der Waals surface area contributed by atoms with Crippen LogP contribution >= 0.6 is 0 Å². The zero-order chi connectivity index (χ0) is 15.8. The molecule has 0 aliphatic carbocycles. The molecular formula is C16H19N3O3. The van der Waals surface area contributed by atoms with E-state index in [1.54, 1.807) is 24.1 Å². The minimum absolute atomic E-state index is 0.165. The number of aromatic nitrogens is 2. The number of ether oxygens (including phenoxy) is 2. The molecule has 0 radical (unpaired) electrons. The van der Waals surface area contributed by atoms with Gasteiger partial charge in [-0.1, -0.05) is 0 Å². The van der Waals surface area contributed by atoms with Crippen LogP contribution in [-0.2, 0) is 11.8 Å². The fourth-order valence-electron chi connectivity index (χ4n) is 1.77. The topological polar surface area (TPSA) is 65.4 Å². The van der Waals surface area contributed by atoms with E-state index in [-0.39, 0.29) is 5.91 Å². The maximum atomic E-state index is 11.6. The van der Waals surface area contributed by atoms with E-state index in [4.69, 9.17) is 9.47 Å². The molecule has 1 heterocycles. The third-order valence-electron chi connectivity index (χ3n) is 2.88. The summed E-state index contributed by atoms with van der Waals surface area (Å²) in [6.45, 7) is 0.834. The van der Waals surface area contributed by atoms with E-state index in [1.807, 2.05) is 37.5 Å². The Morgan fingerprint density at radius 3 is 2.68 bits per heavy atom. The predicted molar refractivity (Wildman–Crippen MR) is 83.7 cm³/mol.